The van der Waals surface area contributed by atoms with Crippen molar-refractivity contribution in [2.75, 3.05) is 45.9 Å². The molecule has 0 aromatic carbocycles. The van der Waals surface area contributed by atoms with E-state index >= 15 is 0 Å². The summed E-state index contributed by atoms with van der Waals surface area (Å²) in [4.78, 5) is 2.57. The van der Waals surface area contributed by atoms with E-state index in [1.165, 1.54) is 45.3 Å². The Morgan fingerprint density at radius 2 is 1.89 bits per heavy atom. The number of nitrogens with one attached hydrogen (secondary N) is 1. The molecule has 18 heavy (non-hydrogen) atoms. The second kappa shape index (κ2) is 8.89. The first kappa shape index (κ1) is 15.9. The number of rotatable bonds is 10. The van der Waals surface area contributed by atoms with Crippen molar-refractivity contribution in [2.45, 2.75) is 46.5 Å². The highest BCUT2D eigenvalue weighted by Crippen LogP contribution is 2.19. The van der Waals surface area contributed by atoms with E-state index in [0.29, 0.717) is 5.41 Å². The topological polar surface area (TPSA) is 24.5 Å². The van der Waals surface area contributed by atoms with E-state index in [1.807, 2.05) is 0 Å². The number of ether oxygens (including phenoxy) is 1. The maximum atomic E-state index is 5.70. The zero-order valence-corrected chi connectivity index (χ0v) is 12.6. The Hall–Kier alpha value is -0.120. The molecule has 0 spiro atoms. The molecule has 0 aromatic heterocycles. The third kappa shape index (κ3) is 7.34. The minimum absolute atomic E-state index is 0.329. The minimum Gasteiger partial charge on any atom is -0.380 e. The lowest BCUT2D eigenvalue weighted by Crippen LogP contribution is -2.27. The molecule has 0 atom stereocenters. The van der Waals surface area contributed by atoms with Crippen LogP contribution in [0.3, 0.4) is 0 Å². The molecule has 0 unspecified atom stereocenters. The van der Waals surface area contributed by atoms with E-state index in [2.05, 4.69) is 31.0 Å². The molecule has 3 heteroatoms. The zero-order chi connectivity index (χ0) is 13.3. The third-order valence-electron chi connectivity index (χ3n) is 3.90. The lowest BCUT2D eigenvalue weighted by Gasteiger charge is -2.22. The quantitative estimate of drug-likeness (QED) is 0.608. The Morgan fingerprint density at radius 3 is 2.56 bits per heavy atom. The highest BCUT2D eigenvalue weighted by atomic mass is 16.5. The van der Waals surface area contributed by atoms with E-state index < -0.39 is 0 Å². The predicted octanol–water partition coefficient (Wildman–Crippen LogP) is 2.51. The summed E-state index contributed by atoms with van der Waals surface area (Å²) in [7, 11) is 0. The van der Waals surface area contributed by atoms with Gasteiger partial charge in [-0.05, 0) is 57.3 Å². The second-order valence-electron chi connectivity index (χ2n) is 6.22. The molecule has 1 saturated heterocycles. The van der Waals surface area contributed by atoms with Crippen LogP contribution < -0.4 is 5.32 Å². The van der Waals surface area contributed by atoms with Gasteiger partial charge in [-0.2, -0.15) is 0 Å². The van der Waals surface area contributed by atoms with Crippen LogP contribution in [0.1, 0.15) is 46.5 Å². The molecular formula is C15H32N2O. The maximum Gasteiger partial charge on any atom is 0.0591 e. The molecule has 0 aromatic rings. The van der Waals surface area contributed by atoms with Crippen molar-refractivity contribution >= 4 is 0 Å². The highest BCUT2D eigenvalue weighted by Gasteiger charge is 2.14. The van der Waals surface area contributed by atoms with E-state index in [4.69, 9.17) is 4.74 Å². The molecule has 1 N–H and O–H groups in total. The normalized spacial score (nSPS) is 17.5. The van der Waals surface area contributed by atoms with Crippen molar-refractivity contribution in [2.24, 2.45) is 5.41 Å². The van der Waals surface area contributed by atoms with Gasteiger partial charge in [-0.3, -0.25) is 0 Å². The number of likely N-dealkylation sites (tertiary alicyclic amines) is 1. The first-order valence-electron chi connectivity index (χ1n) is 7.65. The van der Waals surface area contributed by atoms with Crippen LogP contribution in [-0.4, -0.2) is 50.8 Å². The first-order valence-corrected chi connectivity index (χ1v) is 7.65. The van der Waals surface area contributed by atoms with E-state index in [-0.39, 0.29) is 0 Å². The van der Waals surface area contributed by atoms with Crippen LogP contribution in [0.25, 0.3) is 0 Å². The summed E-state index contributed by atoms with van der Waals surface area (Å²) in [5.41, 5.74) is 0.329. The van der Waals surface area contributed by atoms with E-state index in [1.54, 1.807) is 0 Å². The van der Waals surface area contributed by atoms with Crippen LogP contribution in [-0.2, 0) is 4.74 Å². The van der Waals surface area contributed by atoms with Gasteiger partial charge in [-0.25, -0.2) is 0 Å². The number of hydrogen-bond acceptors (Lipinski definition) is 3. The average molecular weight is 256 g/mol. The fourth-order valence-corrected chi connectivity index (χ4v) is 2.15. The molecule has 1 fully saturated rings. The molecule has 108 valence electrons. The summed E-state index contributed by atoms with van der Waals surface area (Å²) in [6.45, 7) is 14.5. The van der Waals surface area contributed by atoms with Crippen LogP contribution in [0.4, 0.5) is 0 Å². The van der Waals surface area contributed by atoms with Gasteiger partial charge in [0.05, 0.1) is 13.2 Å². The lowest BCUT2D eigenvalue weighted by atomic mass is 9.92. The van der Waals surface area contributed by atoms with Crippen LogP contribution >= 0.6 is 0 Å². The maximum absolute atomic E-state index is 5.70. The molecule has 1 heterocycles. The van der Waals surface area contributed by atoms with Gasteiger partial charge in [-0.1, -0.05) is 20.8 Å². The SMILES string of the molecule is CCC(C)(C)COCCNCCCN1CCCC1. The fourth-order valence-electron chi connectivity index (χ4n) is 2.15. The van der Waals surface area contributed by atoms with Crippen LogP contribution in [0.2, 0.25) is 0 Å². The van der Waals surface area contributed by atoms with Crippen LogP contribution in [0, 0.1) is 5.41 Å². The predicted molar refractivity (Wildman–Crippen MR) is 78.1 cm³/mol. The molecule has 0 saturated carbocycles. The Balaban J connectivity index is 1.81. The van der Waals surface area contributed by atoms with Crippen LogP contribution in [0.15, 0.2) is 0 Å². The lowest BCUT2D eigenvalue weighted by molar-refractivity contribution is 0.0620. The van der Waals surface area contributed by atoms with Crippen molar-refractivity contribution < 1.29 is 4.74 Å². The summed E-state index contributed by atoms with van der Waals surface area (Å²) >= 11 is 0. The van der Waals surface area contributed by atoms with Crippen molar-refractivity contribution in [3.05, 3.63) is 0 Å². The third-order valence-corrected chi connectivity index (χ3v) is 3.90. The Kier molecular flexibility index (Phi) is 7.87. The Labute approximate surface area is 113 Å². The second-order valence-corrected chi connectivity index (χ2v) is 6.22. The van der Waals surface area contributed by atoms with E-state index in [9.17, 15) is 0 Å². The summed E-state index contributed by atoms with van der Waals surface area (Å²) < 4.78 is 5.70. The smallest absolute Gasteiger partial charge is 0.0591 e. The van der Waals surface area contributed by atoms with Gasteiger partial charge in [0.15, 0.2) is 0 Å². The summed E-state index contributed by atoms with van der Waals surface area (Å²) in [6.07, 6.45) is 5.24. The molecule has 1 aliphatic heterocycles. The molecule has 1 rings (SSSR count). The van der Waals surface area contributed by atoms with Gasteiger partial charge in [0.1, 0.15) is 0 Å². The van der Waals surface area contributed by atoms with Crippen molar-refractivity contribution in [3.8, 4) is 0 Å². The highest BCUT2D eigenvalue weighted by molar-refractivity contribution is 4.66. The molecule has 0 amide bonds. The molecule has 3 nitrogen and oxygen atoms in total. The van der Waals surface area contributed by atoms with Gasteiger partial charge < -0.3 is 15.0 Å². The Bertz CT molecular complexity index is 201. The van der Waals surface area contributed by atoms with Gasteiger partial charge in [0.2, 0.25) is 0 Å². The van der Waals surface area contributed by atoms with Crippen LogP contribution in [0.5, 0.6) is 0 Å². The van der Waals surface area contributed by atoms with Crippen molar-refractivity contribution in [3.63, 3.8) is 0 Å². The molecule has 0 aliphatic carbocycles. The van der Waals surface area contributed by atoms with Crippen molar-refractivity contribution in [1.29, 1.82) is 0 Å². The molecule has 0 radical (unpaired) electrons. The fraction of sp³-hybridized carbons (Fsp3) is 1.00. The number of nitrogens with zero attached hydrogens (tertiary/aromatic N) is 1. The first-order chi connectivity index (χ1) is 8.64. The summed E-state index contributed by atoms with van der Waals surface area (Å²) in [5.74, 6) is 0. The van der Waals surface area contributed by atoms with Gasteiger partial charge in [0.25, 0.3) is 0 Å². The standard InChI is InChI=1S/C15H32N2O/c1-4-15(2,3)14-18-13-9-16-8-7-12-17-10-5-6-11-17/h16H,4-14H2,1-3H3. The van der Waals surface area contributed by atoms with E-state index in [0.717, 1.165) is 26.3 Å². The van der Waals surface area contributed by atoms with Gasteiger partial charge in [-0.15, -0.1) is 0 Å². The zero-order valence-electron chi connectivity index (χ0n) is 12.6. The Morgan fingerprint density at radius 1 is 1.17 bits per heavy atom. The average Bonchev–Trinajstić information content (AvgIpc) is 2.85. The number of hydrogen-bond donors (Lipinski definition) is 1. The molecule has 1 aliphatic rings. The van der Waals surface area contributed by atoms with Gasteiger partial charge >= 0.3 is 0 Å². The summed E-state index contributed by atoms with van der Waals surface area (Å²) in [5, 5.41) is 3.46. The minimum atomic E-state index is 0.329. The largest absolute Gasteiger partial charge is 0.380 e. The monoisotopic (exact) mass is 256 g/mol. The summed E-state index contributed by atoms with van der Waals surface area (Å²) in [6, 6.07) is 0. The molecular weight excluding hydrogens is 224 g/mol. The molecule has 0 bridgehead atoms. The van der Waals surface area contributed by atoms with Gasteiger partial charge in [0, 0.05) is 6.54 Å². The van der Waals surface area contributed by atoms with Crippen molar-refractivity contribution in [1.82, 2.24) is 10.2 Å².